The molecule has 0 saturated carbocycles. The smallest absolute Gasteiger partial charge is 0.259 e. The molecule has 0 bridgehead atoms. The molecule has 0 radical (unpaired) electrons. The summed E-state index contributed by atoms with van der Waals surface area (Å²) in [6.45, 7) is 16.9. The van der Waals surface area contributed by atoms with Crippen molar-refractivity contribution >= 4 is 8.53 Å². The van der Waals surface area contributed by atoms with Gasteiger partial charge in [-0.3, -0.25) is 0 Å². The summed E-state index contributed by atoms with van der Waals surface area (Å²) in [6.07, 6.45) is 0.398. The van der Waals surface area contributed by atoms with E-state index < -0.39 is 8.53 Å². The monoisotopic (exact) mass is 249 g/mol. The molecule has 0 atom stereocenters. The molecule has 0 aliphatic rings. The van der Waals surface area contributed by atoms with Crippen LogP contribution in [-0.4, -0.2) is 29.0 Å². The van der Waals surface area contributed by atoms with Crippen molar-refractivity contribution in [1.82, 2.24) is 4.67 Å². The third-order valence-electron chi connectivity index (χ3n) is 1.85. The lowest BCUT2D eigenvalue weighted by molar-refractivity contribution is 0.126. The molecule has 0 aliphatic carbocycles. The van der Waals surface area contributed by atoms with Gasteiger partial charge in [-0.2, -0.15) is 0 Å². The zero-order chi connectivity index (χ0) is 12.9. The number of rotatable bonds is 7. The quantitative estimate of drug-likeness (QED) is 0.632. The van der Waals surface area contributed by atoms with Gasteiger partial charge in [0.1, 0.15) is 0 Å². The summed E-state index contributed by atoms with van der Waals surface area (Å²) in [5.41, 5.74) is 0. The summed E-state index contributed by atoms with van der Waals surface area (Å²) in [4.78, 5) is 0. The molecule has 0 aromatic carbocycles. The fourth-order valence-corrected chi connectivity index (χ4v) is 3.21. The van der Waals surface area contributed by atoms with Gasteiger partial charge >= 0.3 is 0 Å². The van der Waals surface area contributed by atoms with Gasteiger partial charge in [0, 0.05) is 12.1 Å². The van der Waals surface area contributed by atoms with Crippen molar-refractivity contribution in [3.63, 3.8) is 0 Å². The summed E-state index contributed by atoms with van der Waals surface area (Å²) >= 11 is 0. The topological polar surface area (TPSA) is 21.7 Å². The predicted octanol–water partition coefficient (Wildman–Crippen LogP) is 4.18. The van der Waals surface area contributed by atoms with Gasteiger partial charge in [-0.25, -0.2) is 4.67 Å². The Morgan fingerprint density at radius 1 is 0.688 bits per heavy atom. The standard InChI is InChI=1S/C12H28NO2P/c1-9(2)13(10(3)4)16(14-11(5)6)15-12(7)8/h9-12H,1-8H3. The van der Waals surface area contributed by atoms with E-state index in [0.29, 0.717) is 12.1 Å². The Bertz CT molecular complexity index is 166. The summed E-state index contributed by atoms with van der Waals surface area (Å²) in [7, 11) is -0.949. The first-order valence-corrected chi connectivity index (χ1v) is 7.30. The molecule has 0 aromatic heterocycles. The van der Waals surface area contributed by atoms with Gasteiger partial charge < -0.3 is 9.05 Å². The first-order chi connectivity index (χ1) is 7.25. The van der Waals surface area contributed by atoms with E-state index >= 15 is 0 Å². The minimum Gasteiger partial charge on any atom is -0.319 e. The molecule has 3 nitrogen and oxygen atoms in total. The highest BCUT2D eigenvalue weighted by Gasteiger charge is 2.28. The Morgan fingerprint density at radius 3 is 1.19 bits per heavy atom. The first kappa shape index (κ1) is 16.3. The van der Waals surface area contributed by atoms with Crippen LogP contribution >= 0.6 is 8.53 Å². The van der Waals surface area contributed by atoms with E-state index in [4.69, 9.17) is 9.05 Å². The molecule has 16 heavy (non-hydrogen) atoms. The number of hydrogen-bond acceptors (Lipinski definition) is 3. The molecule has 0 fully saturated rings. The van der Waals surface area contributed by atoms with Crippen molar-refractivity contribution in [2.45, 2.75) is 79.7 Å². The second-order valence-electron chi connectivity index (χ2n) is 5.11. The molecule has 0 aliphatic heterocycles. The van der Waals surface area contributed by atoms with Crippen molar-refractivity contribution in [3.05, 3.63) is 0 Å². The normalized spacial score (nSPS) is 13.1. The minimum absolute atomic E-state index is 0.199. The third kappa shape index (κ3) is 6.15. The molecular formula is C12H28NO2P. The van der Waals surface area contributed by atoms with Crippen molar-refractivity contribution in [1.29, 1.82) is 0 Å². The van der Waals surface area contributed by atoms with E-state index in [0.717, 1.165) is 0 Å². The average molecular weight is 249 g/mol. The highest BCUT2D eigenvalue weighted by atomic mass is 31.2. The summed E-state index contributed by atoms with van der Waals surface area (Å²) in [6, 6.07) is 0.868. The van der Waals surface area contributed by atoms with Gasteiger partial charge in [-0.05, 0) is 55.4 Å². The van der Waals surface area contributed by atoms with E-state index in [1.54, 1.807) is 0 Å². The van der Waals surface area contributed by atoms with E-state index in [9.17, 15) is 0 Å². The molecule has 0 amide bonds. The second-order valence-corrected chi connectivity index (χ2v) is 6.47. The first-order valence-electron chi connectivity index (χ1n) is 6.17. The fraction of sp³-hybridized carbons (Fsp3) is 1.00. The summed E-state index contributed by atoms with van der Waals surface area (Å²) in [5.74, 6) is 0. The highest BCUT2D eigenvalue weighted by Crippen LogP contribution is 2.47. The Hall–Kier alpha value is 0.310. The summed E-state index contributed by atoms with van der Waals surface area (Å²) < 4.78 is 14.1. The van der Waals surface area contributed by atoms with Crippen molar-refractivity contribution in [3.8, 4) is 0 Å². The van der Waals surface area contributed by atoms with Gasteiger partial charge in [0.05, 0.1) is 12.2 Å². The van der Waals surface area contributed by atoms with Crippen molar-refractivity contribution < 1.29 is 9.05 Å². The van der Waals surface area contributed by atoms with Gasteiger partial charge in [-0.1, -0.05) is 0 Å². The van der Waals surface area contributed by atoms with Gasteiger partial charge in [0.15, 0.2) is 0 Å². The fourth-order valence-electron chi connectivity index (χ4n) is 1.47. The van der Waals surface area contributed by atoms with Crippen LogP contribution in [0.1, 0.15) is 55.4 Å². The molecule has 0 heterocycles. The van der Waals surface area contributed by atoms with Crippen LogP contribution < -0.4 is 0 Å². The van der Waals surface area contributed by atoms with Crippen LogP contribution in [0.25, 0.3) is 0 Å². The SMILES string of the molecule is CC(C)OP(OC(C)C)N(C(C)C)C(C)C. The molecule has 0 rings (SSSR count). The van der Waals surface area contributed by atoms with Crippen LogP contribution in [0.15, 0.2) is 0 Å². The zero-order valence-corrected chi connectivity index (χ0v) is 12.9. The van der Waals surface area contributed by atoms with Gasteiger partial charge in [-0.15, -0.1) is 0 Å². The van der Waals surface area contributed by atoms with Crippen molar-refractivity contribution in [2.24, 2.45) is 0 Å². The van der Waals surface area contributed by atoms with Crippen molar-refractivity contribution in [2.75, 3.05) is 0 Å². The summed E-state index contributed by atoms with van der Waals surface area (Å²) in [5, 5.41) is 0. The van der Waals surface area contributed by atoms with E-state index in [-0.39, 0.29) is 12.2 Å². The van der Waals surface area contributed by atoms with Crippen LogP contribution in [-0.2, 0) is 9.05 Å². The predicted molar refractivity (Wildman–Crippen MR) is 71.5 cm³/mol. The van der Waals surface area contributed by atoms with E-state index in [1.807, 2.05) is 0 Å². The molecule has 0 aromatic rings. The van der Waals surface area contributed by atoms with Crippen LogP contribution in [0.4, 0.5) is 0 Å². The third-order valence-corrected chi connectivity index (χ3v) is 4.35. The van der Waals surface area contributed by atoms with Gasteiger partial charge in [0.2, 0.25) is 0 Å². The molecule has 0 saturated heterocycles. The molecule has 0 spiro atoms. The second kappa shape index (κ2) is 7.60. The Kier molecular flexibility index (Phi) is 7.75. The van der Waals surface area contributed by atoms with Crippen LogP contribution in [0.2, 0.25) is 0 Å². The van der Waals surface area contributed by atoms with Crippen LogP contribution in [0.3, 0.4) is 0 Å². The van der Waals surface area contributed by atoms with E-state index in [2.05, 4.69) is 60.1 Å². The maximum absolute atomic E-state index is 5.91. The maximum Gasteiger partial charge on any atom is 0.259 e. The molecule has 0 unspecified atom stereocenters. The molecular weight excluding hydrogens is 221 g/mol. The Labute approximate surface area is 102 Å². The maximum atomic E-state index is 5.91. The molecule has 4 heteroatoms. The van der Waals surface area contributed by atoms with Crippen LogP contribution in [0.5, 0.6) is 0 Å². The zero-order valence-electron chi connectivity index (χ0n) is 12.0. The van der Waals surface area contributed by atoms with E-state index in [1.165, 1.54) is 0 Å². The molecule has 0 N–H and O–H groups in total. The number of nitrogens with zero attached hydrogens (tertiary/aromatic N) is 1. The molecule has 98 valence electrons. The minimum atomic E-state index is -0.949. The van der Waals surface area contributed by atoms with Crippen LogP contribution in [0, 0.1) is 0 Å². The van der Waals surface area contributed by atoms with Gasteiger partial charge in [0.25, 0.3) is 8.53 Å². The lowest BCUT2D eigenvalue weighted by Crippen LogP contribution is -2.34. The lowest BCUT2D eigenvalue weighted by atomic mass is 10.3. The Morgan fingerprint density at radius 2 is 1.00 bits per heavy atom. The highest BCUT2D eigenvalue weighted by molar-refractivity contribution is 7.44. The largest absolute Gasteiger partial charge is 0.319 e. The lowest BCUT2D eigenvalue weighted by Gasteiger charge is -2.37. The Balaban J connectivity index is 4.67. The average Bonchev–Trinajstić information content (AvgIpc) is 1.98. The number of hydrogen-bond donors (Lipinski definition) is 0.